The van der Waals surface area contributed by atoms with Gasteiger partial charge in [-0.25, -0.2) is 13.4 Å². The van der Waals surface area contributed by atoms with Crippen molar-refractivity contribution in [3.8, 4) is 11.4 Å². The van der Waals surface area contributed by atoms with E-state index in [0.717, 1.165) is 30.9 Å². The average Bonchev–Trinajstić information content (AvgIpc) is 3.11. The number of hydrogen-bond acceptors (Lipinski definition) is 5. The van der Waals surface area contributed by atoms with E-state index < -0.39 is 9.84 Å². The van der Waals surface area contributed by atoms with Crippen molar-refractivity contribution < 1.29 is 13.2 Å². The van der Waals surface area contributed by atoms with Crippen LogP contribution in [0.4, 0.5) is 0 Å². The minimum absolute atomic E-state index is 0.00994. The zero-order valence-electron chi connectivity index (χ0n) is 15.9. The highest BCUT2D eigenvalue weighted by Crippen LogP contribution is 2.35. The maximum Gasteiger partial charge on any atom is 0.263 e. The van der Waals surface area contributed by atoms with Gasteiger partial charge in [0.2, 0.25) is 0 Å². The second-order valence-corrected chi connectivity index (χ2v) is 9.19. The number of ether oxygens (including phenoxy) is 1. The van der Waals surface area contributed by atoms with Crippen LogP contribution >= 0.6 is 0 Å². The molecule has 0 fully saturated rings. The van der Waals surface area contributed by atoms with Crippen LogP contribution in [-0.2, 0) is 16.3 Å². The highest BCUT2D eigenvalue weighted by molar-refractivity contribution is 7.90. The Labute approximate surface area is 163 Å². The summed E-state index contributed by atoms with van der Waals surface area (Å²) in [6.45, 7) is 2.13. The molecular weight excluding hydrogens is 376 g/mol. The monoisotopic (exact) mass is 398 g/mol. The van der Waals surface area contributed by atoms with E-state index in [2.05, 4.69) is 11.9 Å². The van der Waals surface area contributed by atoms with Crippen molar-refractivity contribution in [2.24, 2.45) is 0 Å². The quantitative estimate of drug-likeness (QED) is 0.659. The van der Waals surface area contributed by atoms with Crippen molar-refractivity contribution in [3.63, 3.8) is 0 Å². The minimum Gasteiger partial charge on any atom is -0.489 e. The van der Waals surface area contributed by atoms with Gasteiger partial charge in [0.15, 0.2) is 15.5 Å². The molecule has 1 unspecified atom stereocenters. The van der Waals surface area contributed by atoms with Gasteiger partial charge in [-0.15, -0.1) is 0 Å². The number of sulfone groups is 1. The van der Waals surface area contributed by atoms with Crippen LogP contribution in [0.1, 0.15) is 31.7 Å². The van der Waals surface area contributed by atoms with Gasteiger partial charge >= 0.3 is 0 Å². The molecular formula is C21H22N2O4S. The van der Waals surface area contributed by atoms with Crippen molar-refractivity contribution in [3.05, 3.63) is 58.5 Å². The molecule has 2 aromatic heterocycles. The Kier molecular flexibility index (Phi) is 4.71. The normalized spacial score (nSPS) is 16.1. The molecule has 1 aliphatic heterocycles. The number of benzene rings is 1. The lowest BCUT2D eigenvalue weighted by atomic mass is 10.1. The first-order valence-corrected chi connectivity index (χ1v) is 11.3. The Morgan fingerprint density at radius 3 is 2.82 bits per heavy atom. The van der Waals surface area contributed by atoms with Gasteiger partial charge in [-0.1, -0.05) is 25.8 Å². The zero-order valence-corrected chi connectivity index (χ0v) is 16.7. The number of nitrogens with zero attached hydrogens (tertiary/aromatic N) is 2. The van der Waals surface area contributed by atoms with Gasteiger partial charge in [-0.05, 0) is 36.8 Å². The minimum atomic E-state index is -3.39. The van der Waals surface area contributed by atoms with Gasteiger partial charge in [-0.2, -0.15) is 0 Å². The molecule has 3 aromatic rings. The molecule has 4 rings (SSSR count). The van der Waals surface area contributed by atoms with E-state index in [1.54, 1.807) is 18.3 Å². The summed E-state index contributed by atoms with van der Waals surface area (Å²) in [6.07, 6.45) is 6.33. The van der Waals surface area contributed by atoms with Crippen LogP contribution in [0.3, 0.4) is 0 Å². The van der Waals surface area contributed by atoms with E-state index in [-0.39, 0.29) is 16.6 Å². The Hall–Kier alpha value is -2.67. The van der Waals surface area contributed by atoms with E-state index in [0.29, 0.717) is 29.1 Å². The molecule has 6 nitrogen and oxygen atoms in total. The molecule has 1 atom stereocenters. The number of aromatic nitrogens is 2. The van der Waals surface area contributed by atoms with Gasteiger partial charge in [0.1, 0.15) is 11.9 Å². The maximum atomic E-state index is 13.3. The summed E-state index contributed by atoms with van der Waals surface area (Å²) < 4.78 is 31.6. The molecule has 3 heterocycles. The molecule has 28 heavy (non-hydrogen) atoms. The summed E-state index contributed by atoms with van der Waals surface area (Å²) in [5.41, 5.74) is 1.38. The highest BCUT2D eigenvalue weighted by atomic mass is 32.2. The van der Waals surface area contributed by atoms with Gasteiger partial charge in [0.05, 0.1) is 21.5 Å². The Balaban J connectivity index is 1.94. The number of pyridine rings is 2. The first-order valence-electron chi connectivity index (χ1n) is 9.40. The largest absolute Gasteiger partial charge is 0.489 e. The molecule has 0 radical (unpaired) electrons. The fourth-order valence-electron chi connectivity index (χ4n) is 3.68. The molecule has 0 saturated heterocycles. The lowest BCUT2D eigenvalue weighted by Crippen LogP contribution is -2.23. The van der Waals surface area contributed by atoms with Crippen molar-refractivity contribution >= 4 is 20.9 Å². The third-order valence-corrected chi connectivity index (χ3v) is 6.19. The Morgan fingerprint density at radius 1 is 1.25 bits per heavy atom. The molecule has 7 heteroatoms. The van der Waals surface area contributed by atoms with E-state index in [4.69, 9.17) is 4.74 Å². The molecule has 0 saturated carbocycles. The van der Waals surface area contributed by atoms with Crippen LogP contribution in [0.15, 0.2) is 52.3 Å². The summed E-state index contributed by atoms with van der Waals surface area (Å²) in [7, 11) is -3.39. The maximum absolute atomic E-state index is 13.3. The first kappa shape index (κ1) is 18.7. The average molecular weight is 398 g/mol. The van der Waals surface area contributed by atoms with Crippen LogP contribution in [0, 0.1) is 0 Å². The second kappa shape index (κ2) is 7.05. The molecule has 0 aliphatic carbocycles. The summed E-state index contributed by atoms with van der Waals surface area (Å²) in [6, 6.07) is 10.1. The lowest BCUT2D eigenvalue weighted by molar-refractivity contribution is 0.219. The van der Waals surface area contributed by atoms with Crippen LogP contribution < -0.4 is 10.3 Å². The number of unbranched alkanes of at least 4 members (excludes halogenated alkanes) is 1. The standard InChI is InChI=1S/C21H22N2O4S/c1-3-4-8-15-13-18-19(27-15)17-10-6-11-22-20(17)23(21(18)24)14-7-5-9-16(12-14)28(2,25)26/h5-7,9-12,15H,3-4,8,13H2,1-2H3. The zero-order chi connectivity index (χ0) is 19.9. The third-order valence-electron chi connectivity index (χ3n) is 5.08. The number of hydrogen-bond donors (Lipinski definition) is 0. The highest BCUT2D eigenvalue weighted by Gasteiger charge is 2.30. The lowest BCUT2D eigenvalue weighted by Gasteiger charge is -2.14. The van der Waals surface area contributed by atoms with Gasteiger partial charge in [-0.3, -0.25) is 9.36 Å². The molecule has 0 spiro atoms. The topological polar surface area (TPSA) is 78.3 Å². The molecule has 0 bridgehead atoms. The summed E-state index contributed by atoms with van der Waals surface area (Å²) in [5, 5.41) is 0.765. The van der Waals surface area contributed by atoms with E-state index in [1.165, 1.54) is 16.7 Å². The Morgan fingerprint density at radius 2 is 2.07 bits per heavy atom. The van der Waals surface area contributed by atoms with Crippen molar-refractivity contribution in [2.75, 3.05) is 6.26 Å². The molecule has 0 amide bonds. The second-order valence-electron chi connectivity index (χ2n) is 7.18. The van der Waals surface area contributed by atoms with Crippen LogP contribution in [0.2, 0.25) is 0 Å². The summed E-state index contributed by atoms with van der Waals surface area (Å²) in [5.74, 6) is 0.615. The van der Waals surface area contributed by atoms with E-state index in [9.17, 15) is 13.2 Å². The third kappa shape index (κ3) is 3.20. The summed E-state index contributed by atoms with van der Waals surface area (Å²) in [4.78, 5) is 17.9. The SMILES string of the molecule is CCCCC1Cc2c(c3cccnc3n(-c3cccc(S(C)(=O)=O)c3)c2=O)O1. The molecule has 1 aliphatic rings. The summed E-state index contributed by atoms with van der Waals surface area (Å²) >= 11 is 0. The fraction of sp³-hybridized carbons (Fsp3) is 0.333. The Bertz CT molecular complexity index is 1210. The number of rotatable bonds is 5. The van der Waals surface area contributed by atoms with Crippen molar-refractivity contribution in [1.82, 2.24) is 9.55 Å². The number of fused-ring (bicyclic) bond motifs is 3. The first-order chi connectivity index (χ1) is 13.4. The van der Waals surface area contributed by atoms with Gasteiger partial charge in [0.25, 0.3) is 5.56 Å². The van der Waals surface area contributed by atoms with Crippen LogP contribution in [0.5, 0.6) is 5.75 Å². The van der Waals surface area contributed by atoms with Crippen molar-refractivity contribution in [1.29, 1.82) is 0 Å². The van der Waals surface area contributed by atoms with Crippen LogP contribution in [0.25, 0.3) is 16.7 Å². The predicted octanol–water partition coefficient (Wildman–Crippen LogP) is 3.28. The smallest absolute Gasteiger partial charge is 0.263 e. The molecule has 1 aromatic carbocycles. The van der Waals surface area contributed by atoms with E-state index in [1.807, 2.05) is 12.1 Å². The van der Waals surface area contributed by atoms with E-state index >= 15 is 0 Å². The fourth-order valence-corrected chi connectivity index (χ4v) is 4.34. The van der Waals surface area contributed by atoms with Crippen molar-refractivity contribution in [2.45, 2.75) is 43.6 Å². The molecule has 0 N–H and O–H groups in total. The van der Waals surface area contributed by atoms with Crippen LogP contribution in [-0.4, -0.2) is 30.3 Å². The van der Waals surface area contributed by atoms with Gasteiger partial charge < -0.3 is 4.74 Å². The van der Waals surface area contributed by atoms with Gasteiger partial charge in [0, 0.05) is 18.9 Å². The predicted molar refractivity (Wildman–Crippen MR) is 108 cm³/mol. The molecule has 146 valence electrons.